The molecule has 0 heterocycles. The molecule has 0 radical (unpaired) electrons. The zero-order valence-electron chi connectivity index (χ0n) is 19.9. The molecule has 1 unspecified atom stereocenters. The fraction of sp³-hybridized carbons (Fsp3) is 1.00. The van der Waals surface area contributed by atoms with Gasteiger partial charge in [0.05, 0.1) is 6.61 Å². The highest BCUT2D eigenvalue weighted by Crippen LogP contribution is 2.42. The van der Waals surface area contributed by atoms with Crippen LogP contribution in [0.25, 0.3) is 0 Å². The first-order valence-corrected chi connectivity index (χ1v) is 13.9. The second-order valence-electron chi connectivity index (χ2n) is 8.84. The van der Waals surface area contributed by atoms with Crippen LogP contribution in [-0.4, -0.2) is 43.1 Å². The Bertz CT molecular complexity index is 427. The van der Waals surface area contributed by atoms with Crippen molar-refractivity contribution >= 4 is 7.60 Å². The molecule has 176 valence electrons. The van der Waals surface area contributed by atoms with Crippen LogP contribution < -0.4 is 0 Å². The highest BCUT2D eigenvalue weighted by Gasteiger charge is 2.28. The monoisotopic (exact) mass is 436 g/mol. The summed E-state index contributed by atoms with van der Waals surface area (Å²) in [6, 6.07) is 0. The molecule has 0 bridgehead atoms. The van der Waals surface area contributed by atoms with Gasteiger partial charge in [0.2, 0.25) is 0 Å². The van der Waals surface area contributed by atoms with Crippen LogP contribution in [0.3, 0.4) is 0 Å². The van der Waals surface area contributed by atoms with Crippen LogP contribution in [0.1, 0.15) is 105 Å². The largest absolute Gasteiger partial charge is 0.396 e. The van der Waals surface area contributed by atoms with Gasteiger partial charge in [-0.1, -0.05) is 53.4 Å². The maximum atomic E-state index is 11.4. The van der Waals surface area contributed by atoms with Gasteiger partial charge in [-0.05, 0) is 62.2 Å². The molecular formula is C23H49O5P. The third-order valence-electron chi connectivity index (χ3n) is 6.97. The molecule has 0 aliphatic rings. The summed E-state index contributed by atoms with van der Waals surface area (Å²) >= 11 is 0. The SMILES string of the molecule is CCC(CC)(CCCO)CCCCOCCCCC(CC)(CC)COP(C)(=O)O. The van der Waals surface area contributed by atoms with Crippen molar-refractivity contribution in [3.8, 4) is 0 Å². The van der Waals surface area contributed by atoms with Gasteiger partial charge in [-0.25, -0.2) is 0 Å². The first-order valence-electron chi connectivity index (χ1n) is 11.9. The van der Waals surface area contributed by atoms with Gasteiger partial charge in [-0.15, -0.1) is 0 Å². The van der Waals surface area contributed by atoms with Crippen molar-refractivity contribution in [3.05, 3.63) is 0 Å². The maximum absolute atomic E-state index is 11.4. The van der Waals surface area contributed by atoms with Crippen molar-refractivity contribution in [2.75, 3.05) is 33.1 Å². The Morgan fingerprint density at radius 2 is 1.21 bits per heavy atom. The van der Waals surface area contributed by atoms with E-state index in [1.165, 1.54) is 32.3 Å². The molecule has 5 nitrogen and oxygen atoms in total. The van der Waals surface area contributed by atoms with E-state index < -0.39 is 7.60 Å². The highest BCUT2D eigenvalue weighted by atomic mass is 31.2. The molecule has 0 rings (SSSR count). The van der Waals surface area contributed by atoms with Gasteiger partial charge < -0.3 is 19.3 Å². The molecule has 0 aromatic carbocycles. The minimum absolute atomic E-state index is 0.00734. The van der Waals surface area contributed by atoms with Crippen molar-refractivity contribution < 1.29 is 23.8 Å². The fourth-order valence-corrected chi connectivity index (χ4v) is 4.70. The van der Waals surface area contributed by atoms with Crippen LogP contribution >= 0.6 is 7.60 Å². The molecule has 0 aromatic heterocycles. The van der Waals surface area contributed by atoms with Crippen LogP contribution in [0.5, 0.6) is 0 Å². The van der Waals surface area contributed by atoms with Crippen molar-refractivity contribution in [1.82, 2.24) is 0 Å². The standard InChI is InChI=1S/C23H49O5P/c1-6-22(7-2,17-14-18-24)15-10-12-19-27-20-13-11-16-23(8-3,9-4)21-28-29(5,25)26/h24H,6-21H2,1-5H3,(H,25,26). The first-order chi connectivity index (χ1) is 13.7. The minimum atomic E-state index is -3.41. The van der Waals surface area contributed by atoms with E-state index in [0.717, 1.165) is 64.6 Å². The zero-order chi connectivity index (χ0) is 22.2. The molecule has 29 heavy (non-hydrogen) atoms. The van der Waals surface area contributed by atoms with Crippen LogP contribution in [0, 0.1) is 10.8 Å². The van der Waals surface area contributed by atoms with E-state index in [4.69, 9.17) is 14.4 Å². The molecule has 0 amide bonds. The number of ether oxygens (including phenoxy) is 1. The lowest BCUT2D eigenvalue weighted by Gasteiger charge is -2.32. The number of rotatable bonds is 20. The normalized spacial score (nSPS) is 14.9. The summed E-state index contributed by atoms with van der Waals surface area (Å²) in [6.45, 7) is 12.3. The topological polar surface area (TPSA) is 76.0 Å². The smallest absolute Gasteiger partial charge is 0.325 e. The van der Waals surface area contributed by atoms with Gasteiger partial charge >= 0.3 is 7.60 Å². The van der Waals surface area contributed by atoms with Crippen molar-refractivity contribution in [1.29, 1.82) is 0 Å². The average Bonchev–Trinajstić information content (AvgIpc) is 2.71. The third-order valence-corrected chi connectivity index (χ3v) is 7.58. The summed E-state index contributed by atoms with van der Waals surface area (Å²) in [4.78, 5) is 9.41. The number of hydrogen-bond donors (Lipinski definition) is 2. The summed E-state index contributed by atoms with van der Waals surface area (Å²) in [7, 11) is -3.41. The van der Waals surface area contributed by atoms with Gasteiger partial charge in [0.15, 0.2) is 0 Å². The Hall–Kier alpha value is 0.0700. The molecule has 0 aromatic rings. The second kappa shape index (κ2) is 15.8. The summed E-state index contributed by atoms with van der Waals surface area (Å²) < 4.78 is 22.5. The summed E-state index contributed by atoms with van der Waals surface area (Å²) in [5, 5.41) is 9.13. The minimum Gasteiger partial charge on any atom is -0.396 e. The lowest BCUT2D eigenvalue weighted by atomic mass is 9.74. The lowest BCUT2D eigenvalue weighted by Crippen LogP contribution is -2.25. The summed E-state index contributed by atoms with van der Waals surface area (Å²) in [5.41, 5.74) is 0.387. The van der Waals surface area contributed by atoms with E-state index in [2.05, 4.69) is 27.7 Å². The van der Waals surface area contributed by atoms with Crippen LogP contribution in [0.4, 0.5) is 0 Å². The van der Waals surface area contributed by atoms with Gasteiger partial charge in [0, 0.05) is 26.5 Å². The Morgan fingerprint density at radius 3 is 1.62 bits per heavy atom. The Labute approximate surface area is 180 Å². The zero-order valence-corrected chi connectivity index (χ0v) is 20.8. The maximum Gasteiger partial charge on any atom is 0.325 e. The first kappa shape index (κ1) is 29.1. The van der Waals surface area contributed by atoms with Crippen LogP contribution in [0.15, 0.2) is 0 Å². The van der Waals surface area contributed by atoms with Crippen molar-refractivity contribution in [2.45, 2.75) is 105 Å². The predicted octanol–water partition coefficient (Wildman–Crippen LogP) is 6.56. The highest BCUT2D eigenvalue weighted by molar-refractivity contribution is 7.51. The lowest BCUT2D eigenvalue weighted by molar-refractivity contribution is 0.0944. The summed E-state index contributed by atoms with van der Waals surface area (Å²) in [6.07, 6.45) is 12.9. The second-order valence-corrected chi connectivity index (χ2v) is 10.7. The molecule has 0 spiro atoms. The van der Waals surface area contributed by atoms with E-state index >= 15 is 0 Å². The van der Waals surface area contributed by atoms with E-state index in [9.17, 15) is 9.46 Å². The van der Waals surface area contributed by atoms with Crippen LogP contribution in [-0.2, 0) is 13.8 Å². The molecule has 0 aliphatic heterocycles. The van der Waals surface area contributed by atoms with Crippen molar-refractivity contribution in [2.24, 2.45) is 10.8 Å². The Morgan fingerprint density at radius 1 is 0.759 bits per heavy atom. The Balaban J connectivity index is 3.99. The average molecular weight is 437 g/mol. The number of hydrogen-bond acceptors (Lipinski definition) is 4. The molecular weight excluding hydrogens is 387 g/mol. The number of unbranched alkanes of at least 4 members (excludes halogenated alkanes) is 2. The van der Waals surface area contributed by atoms with Gasteiger partial charge in [-0.3, -0.25) is 4.57 Å². The predicted molar refractivity (Wildman–Crippen MR) is 123 cm³/mol. The van der Waals surface area contributed by atoms with Crippen LogP contribution in [0.2, 0.25) is 0 Å². The molecule has 1 atom stereocenters. The fourth-order valence-electron chi connectivity index (χ4n) is 4.18. The summed E-state index contributed by atoms with van der Waals surface area (Å²) in [5.74, 6) is 0. The van der Waals surface area contributed by atoms with E-state index in [1.54, 1.807) is 0 Å². The number of aliphatic hydroxyl groups excluding tert-OH is 1. The molecule has 0 saturated carbocycles. The molecule has 6 heteroatoms. The van der Waals surface area contributed by atoms with E-state index in [1.807, 2.05) is 0 Å². The van der Waals surface area contributed by atoms with Gasteiger partial charge in [0.1, 0.15) is 0 Å². The van der Waals surface area contributed by atoms with Gasteiger partial charge in [-0.2, -0.15) is 0 Å². The molecule has 0 aliphatic carbocycles. The van der Waals surface area contributed by atoms with E-state index in [0.29, 0.717) is 18.6 Å². The van der Waals surface area contributed by atoms with E-state index in [-0.39, 0.29) is 5.41 Å². The van der Waals surface area contributed by atoms with Crippen molar-refractivity contribution in [3.63, 3.8) is 0 Å². The number of aliphatic hydroxyl groups is 1. The molecule has 2 N–H and O–H groups in total. The molecule has 0 fully saturated rings. The molecule has 0 saturated heterocycles. The third kappa shape index (κ3) is 13.2. The Kier molecular flexibility index (Phi) is 15.8. The quantitative estimate of drug-likeness (QED) is 0.167. The van der Waals surface area contributed by atoms with Gasteiger partial charge in [0.25, 0.3) is 0 Å².